The van der Waals surface area contributed by atoms with Crippen molar-refractivity contribution in [3.63, 3.8) is 0 Å². The summed E-state index contributed by atoms with van der Waals surface area (Å²) in [7, 11) is 1.32. The van der Waals surface area contributed by atoms with Crippen molar-refractivity contribution in [2.24, 2.45) is 0 Å². The highest BCUT2D eigenvalue weighted by molar-refractivity contribution is 6.31. The summed E-state index contributed by atoms with van der Waals surface area (Å²) >= 11 is 0. The van der Waals surface area contributed by atoms with Gasteiger partial charge in [-0.3, -0.25) is 24.6 Å². The first-order valence-electron chi connectivity index (χ1n) is 10.0. The lowest BCUT2D eigenvalue weighted by Crippen LogP contribution is -2.58. The molecule has 156 valence electrons. The van der Waals surface area contributed by atoms with Gasteiger partial charge in [0.25, 0.3) is 11.8 Å². The molecule has 0 spiro atoms. The molecular weight excluding hydrogens is 386 g/mol. The molecule has 0 radical (unpaired) electrons. The molecule has 8 nitrogen and oxygen atoms in total. The minimum atomic E-state index is -0.707. The maximum absolute atomic E-state index is 13.1. The smallest absolute Gasteiger partial charge is 0.331 e. The molecule has 2 fully saturated rings. The van der Waals surface area contributed by atoms with E-state index < -0.39 is 23.8 Å². The Bertz CT molecular complexity index is 1060. The molecule has 4 amide bonds. The van der Waals surface area contributed by atoms with Gasteiger partial charge in [0, 0.05) is 28.7 Å². The van der Waals surface area contributed by atoms with Crippen molar-refractivity contribution < 1.29 is 23.9 Å². The fourth-order valence-corrected chi connectivity index (χ4v) is 4.22. The number of nitrogens with one attached hydrogen (secondary N) is 1. The zero-order chi connectivity index (χ0) is 21.3. The lowest BCUT2D eigenvalue weighted by atomic mass is 9.93. The van der Waals surface area contributed by atoms with Crippen LogP contribution in [0.1, 0.15) is 37.7 Å². The van der Waals surface area contributed by atoms with Gasteiger partial charge in [0.15, 0.2) is 0 Å². The number of rotatable bonds is 4. The van der Waals surface area contributed by atoms with Gasteiger partial charge < -0.3 is 9.30 Å². The number of imide groups is 2. The van der Waals surface area contributed by atoms with Gasteiger partial charge >= 0.3 is 12.0 Å². The summed E-state index contributed by atoms with van der Waals surface area (Å²) < 4.78 is 6.46. The molecule has 2 heterocycles. The zero-order valence-corrected chi connectivity index (χ0v) is 16.7. The molecule has 4 rings (SSSR count). The number of amides is 4. The average molecular weight is 409 g/mol. The van der Waals surface area contributed by atoms with E-state index in [1.807, 2.05) is 24.3 Å². The number of carbonyl (C=O) groups excluding carboxylic acids is 4. The summed E-state index contributed by atoms with van der Waals surface area (Å²) in [4.78, 5) is 50.9. The Labute approximate surface area is 173 Å². The second-order valence-corrected chi connectivity index (χ2v) is 7.59. The number of aromatic nitrogens is 1. The third kappa shape index (κ3) is 3.60. The molecule has 0 unspecified atom stereocenters. The van der Waals surface area contributed by atoms with Crippen molar-refractivity contribution in [2.75, 3.05) is 7.11 Å². The Morgan fingerprint density at radius 3 is 2.63 bits per heavy atom. The minimum Gasteiger partial charge on any atom is -0.468 e. The van der Waals surface area contributed by atoms with Gasteiger partial charge in [0.2, 0.25) is 0 Å². The molecule has 1 saturated carbocycles. The topological polar surface area (TPSA) is 97.7 Å². The zero-order valence-electron chi connectivity index (χ0n) is 16.7. The van der Waals surface area contributed by atoms with Gasteiger partial charge in [0.05, 0.1) is 7.11 Å². The first kappa shape index (κ1) is 19.9. The Kier molecular flexibility index (Phi) is 5.39. The monoisotopic (exact) mass is 409 g/mol. The molecule has 30 heavy (non-hydrogen) atoms. The minimum absolute atomic E-state index is 0.00696. The maximum Gasteiger partial charge on any atom is 0.331 e. The normalized spacial score (nSPS) is 19.4. The standard InChI is InChI=1S/C22H23N3O5/c1-30-19(26)13-24-12-14(16-9-5-6-10-18(16)24)11-17-20(27)23-22(29)25(21(17)28)15-7-3-2-4-8-15/h5-6,9-12,15H,2-4,7-8,13H2,1H3,(H,23,27,29)/b17-11+. The van der Waals surface area contributed by atoms with Crippen LogP contribution in [0.2, 0.25) is 0 Å². The number of hydrogen-bond acceptors (Lipinski definition) is 5. The van der Waals surface area contributed by atoms with Gasteiger partial charge in [-0.1, -0.05) is 37.5 Å². The summed E-state index contributed by atoms with van der Waals surface area (Å²) in [6.07, 6.45) is 7.69. The van der Waals surface area contributed by atoms with Gasteiger partial charge in [-0.2, -0.15) is 0 Å². The van der Waals surface area contributed by atoms with Crippen molar-refractivity contribution >= 4 is 40.8 Å². The van der Waals surface area contributed by atoms with E-state index >= 15 is 0 Å². The number of barbiturate groups is 1. The first-order valence-corrected chi connectivity index (χ1v) is 10.0. The third-order valence-electron chi connectivity index (χ3n) is 5.72. The van der Waals surface area contributed by atoms with E-state index in [-0.39, 0.29) is 18.2 Å². The van der Waals surface area contributed by atoms with Gasteiger partial charge in [-0.25, -0.2) is 4.79 Å². The summed E-state index contributed by atoms with van der Waals surface area (Å²) in [6, 6.07) is 6.54. The van der Waals surface area contributed by atoms with Crippen LogP contribution in [0, 0.1) is 0 Å². The van der Waals surface area contributed by atoms with Crippen molar-refractivity contribution in [3.8, 4) is 0 Å². The van der Waals surface area contributed by atoms with Gasteiger partial charge in [0.1, 0.15) is 12.1 Å². The third-order valence-corrected chi connectivity index (χ3v) is 5.72. The highest BCUT2D eigenvalue weighted by Gasteiger charge is 2.40. The van der Waals surface area contributed by atoms with Crippen molar-refractivity contribution in [3.05, 3.63) is 41.6 Å². The number of para-hydroxylation sites is 1. The van der Waals surface area contributed by atoms with Crippen LogP contribution in [0.3, 0.4) is 0 Å². The highest BCUT2D eigenvalue weighted by Crippen LogP contribution is 2.28. The van der Waals surface area contributed by atoms with Gasteiger partial charge in [-0.05, 0) is 25.0 Å². The Morgan fingerprint density at radius 1 is 1.17 bits per heavy atom. The number of benzene rings is 1. The summed E-state index contributed by atoms with van der Waals surface area (Å²) in [6.45, 7) is 0.00696. The fourth-order valence-electron chi connectivity index (χ4n) is 4.22. The molecule has 2 aromatic rings. The predicted octanol–water partition coefficient (Wildman–Crippen LogP) is 2.61. The second kappa shape index (κ2) is 8.14. The molecule has 1 aromatic heterocycles. The highest BCUT2D eigenvalue weighted by atomic mass is 16.5. The predicted molar refractivity (Wildman–Crippen MR) is 109 cm³/mol. The number of methoxy groups -OCH3 is 1. The summed E-state index contributed by atoms with van der Waals surface area (Å²) in [5, 5.41) is 3.09. The summed E-state index contributed by atoms with van der Waals surface area (Å²) in [5.41, 5.74) is 1.31. The number of urea groups is 1. The number of esters is 1. The SMILES string of the molecule is COC(=O)Cn1cc(/C=C2\C(=O)NC(=O)N(C3CCCCC3)C2=O)c2ccccc21. The fraction of sp³-hybridized carbons (Fsp3) is 0.364. The molecule has 1 aliphatic heterocycles. The molecule has 8 heteroatoms. The van der Waals surface area contributed by atoms with E-state index in [4.69, 9.17) is 4.74 Å². The molecule has 2 aliphatic rings. The Hall–Kier alpha value is -3.42. The summed E-state index contributed by atoms with van der Waals surface area (Å²) in [5.74, 6) is -1.68. The van der Waals surface area contributed by atoms with E-state index in [0.717, 1.165) is 43.0 Å². The first-order chi connectivity index (χ1) is 14.5. The molecule has 1 aromatic carbocycles. The largest absolute Gasteiger partial charge is 0.468 e. The van der Waals surface area contributed by atoms with E-state index in [2.05, 4.69) is 5.32 Å². The van der Waals surface area contributed by atoms with Crippen molar-refractivity contribution in [2.45, 2.75) is 44.7 Å². The van der Waals surface area contributed by atoms with Crippen LogP contribution in [0.15, 0.2) is 36.0 Å². The Morgan fingerprint density at radius 2 is 1.90 bits per heavy atom. The average Bonchev–Trinajstić information content (AvgIpc) is 3.09. The number of ether oxygens (including phenoxy) is 1. The molecule has 1 aliphatic carbocycles. The van der Waals surface area contributed by atoms with Crippen LogP contribution in [0.5, 0.6) is 0 Å². The van der Waals surface area contributed by atoms with E-state index in [1.165, 1.54) is 18.1 Å². The van der Waals surface area contributed by atoms with Crippen LogP contribution in [0.4, 0.5) is 4.79 Å². The van der Waals surface area contributed by atoms with Gasteiger partial charge in [-0.15, -0.1) is 0 Å². The van der Waals surface area contributed by atoms with Crippen LogP contribution >= 0.6 is 0 Å². The number of nitrogens with zero attached hydrogens (tertiary/aromatic N) is 2. The number of fused-ring (bicyclic) bond motifs is 1. The van der Waals surface area contributed by atoms with Crippen LogP contribution < -0.4 is 5.32 Å². The molecule has 0 atom stereocenters. The lowest BCUT2D eigenvalue weighted by molar-refractivity contribution is -0.141. The lowest BCUT2D eigenvalue weighted by Gasteiger charge is -2.35. The molecule has 1 saturated heterocycles. The Balaban J connectivity index is 1.73. The second-order valence-electron chi connectivity index (χ2n) is 7.59. The quantitative estimate of drug-likeness (QED) is 0.476. The maximum atomic E-state index is 13.1. The molecule has 1 N–H and O–H groups in total. The van der Waals surface area contributed by atoms with Crippen molar-refractivity contribution in [1.29, 1.82) is 0 Å². The number of hydrogen-bond donors (Lipinski definition) is 1. The van der Waals surface area contributed by atoms with E-state index in [0.29, 0.717) is 5.56 Å². The van der Waals surface area contributed by atoms with Crippen LogP contribution in [0.25, 0.3) is 17.0 Å². The van der Waals surface area contributed by atoms with E-state index in [1.54, 1.807) is 10.8 Å². The van der Waals surface area contributed by atoms with Crippen molar-refractivity contribution in [1.82, 2.24) is 14.8 Å². The molecule has 0 bridgehead atoms. The number of carbonyl (C=O) groups is 4. The van der Waals surface area contributed by atoms with Crippen LogP contribution in [-0.4, -0.2) is 46.4 Å². The molecular formula is C22H23N3O5. The van der Waals surface area contributed by atoms with Crippen LogP contribution in [-0.2, 0) is 25.7 Å². The van der Waals surface area contributed by atoms with E-state index in [9.17, 15) is 19.2 Å².